The van der Waals surface area contributed by atoms with Crippen LogP contribution < -0.4 is 41.3 Å². The van der Waals surface area contributed by atoms with Gasteiger partial charge in [0.15, 0.2) is 0 Å². The Bertz CT molecular complexity index is 1400. The van der Waals surface area contributed by atoms with Gasteiger partial charge in [0, 0.05) is 32.3 Å². The Hall–Kier alpha value is -3.98. The lowest BCUT2D eigenvalue weighted by Crippen LogP contribution is -2.25. The number of hydrogen-bond donors (Lipinski definition) is 0. The molecule has 0 bridgehead atoms. The highest BCUT2D eigenvalue weighted by molar-refractivity contribution is 7.80. The van der Waals surface area contributed by atoms with E-state index in [9.17, 15) is 0 Å². The molecule has 2 aromatic carbocycles. The summed E-state index contributed by atoms with van der Waals surface area (Å²) >= 11 is 0. The predicted molar refractivity (Wildman–Crippen MR) is 151 cm³/mol. The molecule has 0 N–H and O–H groups in total. The Morgan fingerprint density at radius 1 is 0.474 bits per heavy atom. The first-order valence-corrected chi connectivity index (χ1v) is 14.5. The summed E-state index contributed by atoms with van der Waals surface area (Å²) in [4.78, 5) is 0. The molecule has 0 aliphatic carbocycles. The van der Waals surface area contributed by atoms with Crippen molar-refractivity contribution in [3.63, 3.8) is 0 Å². The van der Waals surface area contributed by atoms with Crippen LogP contribution >= 0.6 is 15.8 Å². The SMILES string of the molecule is COc1cccc(P(c2ccoc2)c2ccoc2)c1-c1c(OC)cccc1P(c1ccoc1)c1ccoc1. The largest absolute Gasteiger partial charge is 0.496 e. The number of rotatable bonds is 9. The summed E-state index contributed by atoms with van der Waals surface area (Å²) in [6.07, 6.45) is 14.0. The molecule has 0 aliphatic heterocycles. The highest BCUT2D eigenvalue weighted by atomic mass is 31.1. The average molecular weight is 542 g/mol. The van der Waals surface area contributed by atoms with Gasteiger partial charge in [0.05, 0.1) is 64.3 Å². The third-order valence-electron chi connectivity index (χ3n) is 6.24. The van der Waals surface area contributed by atoms with Crippen LogP contribution in [-0.2, 0) is 0 Å². The molecule has 0 aliphatic rings. The standard InChI is InChI=1S/C30H24O6P2/c1-31-25-5-3-7-27(37(21-9-13-33-17-21)22-10-14-34-18-22)29(25)30-26(32-2)6-4-8-28(30)38(23-11-15-35-19-23)24-12-16-36-20-24/h3-20H,1-2H3. The quantitative estimate of drug-likeness (QED) is 0.232. The molecule has 0 amide bonds. The fraction of sp³-hybridized carbons (Fsp3) is 0.0667. The van der Waals surface area contributed by atoms with Crippen LogP contribution in [0.25, 0.3) is 11.1 Å². The molecule has 190 valence electrons. The molecule has 0 radical (unpaired) electrons. The van der Waals surface area contributed by atoms with Gasteiger partial charge < -0.3 is 27.1 Å². The zero-order valence-electron chi connectivity index (χ0n) is 20.7. The van der Waals surface area contributed by atoms with Crippen molar-refractivity contribution in [2.75, 3.05) is 14.2 Å². The molecule has 6 nitrogen and oxygen atoms in total. The Labute approximate surface area is 222 Å². The van der Waals surface area contributed by atoms with Crippen LogP contribution in [0.1, 0.15) is 0 Å². The molecule has 8 heteroatoms. The van der Waals surface area contributed by atoms with E-state index < -0.39 is 15.8 Å². The van der Waals surface area contributed by atoms with E-state index in [2.05, 4.69) is 12.1 Å². The van der Waals surface area contributed by atoms with Crippen molar-refractivity contribution in [3.8, 4) is 22.6 Å². The summed E-state index contributed by atoms with van der Waals surface area (Å²) in [6, 6.07) is 20.4. The number of ether oxygens (including phenoxy) is 2. The molecule has 0 saturated carbocycles. The van der Waals surface area contributed by atoms with E-state index in [1.165, 1.54) is 0 Å². The summed E-state index contributed by atoms with van der Waals surface area (Å²) in [7, 11) is 1.34. The predicted octanol–water partition coefficient (Wildman–Crippen LogP) is 5.26. The molecule has 4 aromatic heterocycles. The minimum Gasteiger partial charge on any atom is -0.496 e. The molecule has 0 atom stereocenters. The van der Waals surface area contributed by atoms with Crippen LogP contribution in [0.5, 0.6) is 11.5 Å². The van der Waals surface area contributed by atoms with Crippen molar-refractivity contribution >= 4 is 47.7 Å². The van der Waals surface area contributed by atoms with E-state index in [1.807, 2.05) is 48.5 Å². The summed E-state index contributed by atoms with van der Waals surface area (Å²) < 4.78 is 34.2. The monoisotopic (exact) mass is 542 g/mol. The maximum atomic E-state index is 6.02. The third-order valence-corrected chi connectivity index (χ3v) is 11.0. The van der Waals surface area contributed by atoms with E-state index >= 15 is 0 Å². The van der Waals surface area contributed by atoms with Crippen LogP contribution in [0, 0.1) is 0 Å². The van der Waals surface area contributed by atoms with Crippen LogP contribution in [0.2, 0.25) is 0 Å². The number of hydrogen-bond acceptors (Lipinski definition) is 6. The van der Waals surface area contributed by atoms with Gasteiger partial charge in [-0.05, 0) is 62.9 Å². The van der Waals surface area contributed by atoms with Crippen molar-refractivity contribution in [2.45, 2.75) is 0 Å². The first-order chi connectivity index (χ1) is 18.8. The van der Waals surface area contributed by atoms with E-state index in [4.69, 9.17) is 27.1 Å². The number of furan rings is 4. The van der Waals surface area contributed by atoms with Gasteiger partial charge in [0.1, 0.15) is 11.5 Å². The van der Waals surface area contributed by atoms with Crippen LogP contribution in [0.15, 0.2) is 128 Å². The highest BCUT2D eigenvalue weighted by Crippen LogP contribution is 2.47. The maximum absolute atomic E-state index is 6.02. The molecule has 6 rings (SSSR count). The highest BCUT2D eigenvalue weighted by Gasteiger charge is 2.30. The van der Waals surface area contributed by atoms with Gasteiger partial charge in [0.2, 0.25) is 0 Å². The number of benzene rings is 2. The Morgan fingerprint density at radius 2 is 0.816 bits per heavy atom. The molecule has 0 unspecified atom stereocenters. The molecular weight excluding hydrogens is 518 g/mol. The van der Waals surface area contributed by atoms with Gasteiger partial charge in [-0.1, -0.05) is 24.3 Å². The van der Waals surface area contributed by atoms with Crippen LogP contribution in [-0.4, -0.2) is 14.2 Å². The second kappa shape index (κ2) is 10.8. The molecule has 38 heavy (non-hydrogen) atoms. The summed E-state index contributed by atoms with van der Waals surface area (Å²) in [5.41, 5.74) is 1.94. The van der Waals surface area contributed by atoms with Gasteiger partial charge >= 0.3 is 0 Å². The minimum absolute atomic E-state index is 0.752. The summed E-state index contributed by atoms with van der Waals surface area (Å²) in [5.74, 6) is 1.50. The molecular formula is C30H24O6P2. The van der Waals surface area contributed by atoms with Gasteiger partial charge in [-0.3, -0.25) is 0 Å². The topological polar surface area (TPSA) is 71.0 Å². The lowest BCUT2D eigenvalue weighted by Gasteiger charge is -2.26. The van der Waals surface area contributed by atoms with Gasteiger partial charge in [-0.15, -0.1) is 0 Å². The second-order valence-corrected chi connectivity index (χ2v) is 12.7. The normalized spacial score (nSPS) is 11.4. The molecule has 0 saturated heterocycles. The third kappa shape index (κ3) is 4.36. The fourth-order valence-electron chi connectivity index (χ4n) is 4.65. The first-order valence-electron chi connectivity index (χ1n) is 11.8. The molecule has 4 heterocycles. The summed E-state index contributed by atoms with van der Waals surface area (Å²) in [6.45, 7) is 0. The van der Waals surface area contributed by atoms with Crippen molar-refractivity contribution in [1.29, 1.82) is 0 Å². The van der Waals surface area contributed by atoms with Crippen LogP contribution in [0.4, 0.5) is 0 Å². The Kier molecular flexibility index (Phi) is 6.92. The summed E-state index contributed by atoms with van der Waals surface area (Å²) in [5, 5.41) is 6.47. The van der Waals surface area contributed by atoms with E-state index in [0.29, 0.717) is 0 Å². The minimum atomic E-state index is -1.03. The Morgan fingerprint density at radius 3 is 1.08 bits per heavy atom. The van der Waals surface area contributed by atoms with Crippen molar-refractivity contribution in [1.82, 2.24) is 0 Å². The van der Waals surface area contributed by atoms with Gasteiger partial charge in [-0.2, -0.15) is 0 Å². The van der Waals surface area contributed by atoms with E-state index in [1.54, 1.807) is 64.3 Å². The van der Waals surface area contributed by atoms with E-state index in [-0.39, 0.29) is 0 Å². The Balaban J connectivity index is 1.67. The smallest absolute Gasteiger partial charge is 0.127 e. The maximum Gasteiger partial charge on any atom is 0.127 e. The van der Waals surface area contributed by atoms with Gasteiger partial charge in [-0.25, -0.2) is 0 Å². The second-order valence-electron chi connectivity index (χ2n) is 8.31. The van der Waals surface area contributed by atoms with Crippen molar-refractivity contribution in [2.24, 2.45) is 0 Å². The average Bonchev–Trinajstić information content (AvgIpc) is 3.78. The zero-order chi connectivity index (χ0) is 25.9. The van der Waals surface area contributed by atoms with Crippen LogP contribution in [0.3, 0.4) is 0 Å². The van der Waals surface area contributed by atoms with Crippen molar-refractivity contribution < 1.29 is 27.1 Å². The molecule has 0 spiro atoms. The number of methoxy groups -OCH3 is 2. The first kappa shape index (κ1) is 24.4. The fourth-order valence-corrected chi connectivity index (χ4v) is 9.22. The molecule has 0 fully saturated rings. The lowest BCUT2D eigenvalue weighted by molar-refractivity contribution is 0.411. The lowest BCUT2D eigenvalue weighted by atomic mass is 10.0. The van der Waals surface area contributed by atoms with E-state index in [0.717, 1.165) is 54.5 Å². The zero-order valence-corrected chi connectivity index (χ0v) is 22.5. The molecule has 6 aromatic rings. The van der Waals surface area contributed by atoms with Crippen molar-refractivity contribution in [3.05, 3.63) is 111 Å². The van der Waals surface area contributed by atoms with Gasteiger partial charge in [0.25, 0.3) is 0 Å².